The second kappa shape index (κ2) is 30.7. The molecule has 10 atom stereocenters. The van der Waals surface area contributed by atoms with Crippen molar-refractivity contribution in [2.75, 3.05) is 18.1 Å². The standard InChI is InChI=1S/C57H68IN9O11S2/c1-32(38-22-21-37-17-9-10-18-39(37)29-38)48-55(75)61-42(19-11-12-24-59)51(71)67-49(33(2)68)56(76)64-45(28-36-20-23-47(69)40(58)25-36)53(73)65-46(57(77)78)31-80-79-30-41(60)50(70)62-43(26-34-13-5-3-6-14-34)52(72)63-44(54(74)66-48)27-35-15-7-4-8-16-35/h3-10,13-18,20-23,25,29,32-33,41-46,48-49,68-69H,11-12,19,24,26-28,30-31,59-60H2,1-2H3,(H,61,75)(H,62,70)(H,63,72)(H,64,76)(H,65,73)(H,66,74)(H,67,71)(H,77,78)/t32-,33+,41+,42-,43-,44-,45-,46-,48+,49-/m0/s1. The van der Waals surface area contributed by atoms with Crippen LogP contribution in [0.1, 0.15) is 61.3 Å². The number of carboxylic acids is 1. The minimum absolute atomic E-state index is 0.0177. The maximum absolute atomic E-state index is 15.1. The van der Waals surface area contributed by atoms with Crippen molar-refractivity contribution in [3.8, 4) is 5.75 Å². The first-order valence-corrected chi connectivity index (χ1v) is 29.7. The number of amides is 7. The van der Waals surface area contributed by atoms with Crippen molar-refractivity contribution < 1.29 is 53.7 Å². The number of phenolic OH excluding ortho intramolecular Hbond substituents is 1. The largest absolute Gasteiger partial charge is 0.507 e. The third kappa shape index (κ3) is 18.4. The van der Waals surface area contributed by atoms with Crippen molar-refractivity contribution in [1.82, 2.24) is 37.2 Å². The highest BCUT2D eigenvalue weighted by molar-refractivity contribution is 14.1. The summed E-state index contributed by atoms with van der Waals surface area (Å²) in [5.74, 6) is -8.54. The Balaban J connectivity index is 1.42. The number of hydrogen-bond donors (Lipinski definition) is 12. The molecule has 23 heteroatoms. The molecule has 0 bridgehead atoms. The fraction of sp³-hybridized carbons (Fsp3) is 0.368. The van der Waals surface area contributed by atoms with Crippen LogP contribution in [-0.2, 0) is 57.6 Å². The Labute approximate surface area is 485 Å². The quantitative estimate of drug-likeness (QED) is 0.0432. The number of phenols is 1. The number of fused-ring (bicyclic) bond motifs is 1. The lowest BCUT2D eigenvalue weighted by molar-refractivity contribution is -0.141. The molecule has 0 aromatic heterocycles. The number of nitrogens with one attached hydrogen (secondary N) is 7. The number of carbonyl (C=O) groups is 8. The van der Waals surface area contributed by atoms with Gasteiger partial charge in [0.15, 0.2) is 0 Å². The number of halogens is 1. The molecule has 14 N–H and O–H groups in total. The number of aromatic hydroxyl groups is 1. The van der Waals surface area contributed by atoms with Crippen molar-refractivity contribution in [3.63, 3.8) is 0 Å². The van der Waals surface area contributed by atoms with Crippen molar-refractivity contribution in [1.29, 1.82) is 0 Å². The lowest BCUT2D eigenvalue weighted by Gasteiger charge is -2.31. The number of benzene rings is 5. The number of hydrogen-bond acceptors (Lipinski definition) is 14. The molecule has 1 aliphatic rings. The molecule has 0 spiro atoms. The monoisotopic (exact) mass is 1250 g/mol. The number of unbranched alkanes of at least 4 members (excludes halogenated alkanes) is 1. The highest BCUT2D eigenvalue weighted by Crippen LogP contribution is 2.27. The summed E-state index contributed by atoms with van der Waals surface area (Å²) in [5.41, 5.74) is 14.7. The fourth-order valence-electron chi connectivity index (χ4n) is 8.85. The molecular weight excluding hydrogens is 1180 g/mol. The Morgan fingerprint density at radius 2 is 1.07 bits per heavy atom. The Morgan fingerprint density at radius 1 is 0.575 bits per heavy atom. The molecule has 0 unspecified atom stereocenters. The summed E-state index contributed by atoms with van der Waals surface area (Å²) in [6, 6.07) is 23.8. The van der Waals surface area contributed by atoms with E-state index in [1.54, 1.807) is 73.7 Å². The lowest BCUT2D eigenvalue weighted by atomic mass is 9.90. The third-order valence-electron chi connectivity index (χ3n) is 13.5. The molecule has 0 radical (unpaired) electrons. The molecule has 5 aromatic rings. The highest BCUT2D eigenvalue weighted by atomic mass is 127. The topological polar surface area (TPSA) is 333 Å². The summed E-state index contributed by atoms with van der Waals surface area (Å²) < 4.78 is 0.416. The van der Waals surface area contributed by atoms with E-state index in [1.807, 2.05) is 65.1 Å². The van der Waals surface area contributed by atoms with Crippen molar-refractivity contribution in [3.05, 3.63) is 147 Å². The smallest absolute Gasteiger partial charge is 0.327 e. The number of carbonyl (C=O) groups excluding carboxylic acids is 7. The van der Waals surface area contributed by atoms with Crippen LogP contribution in [0, 0.1) is 3.57 Å². The number of rotatable bonds is 14. The molecule has 1 saturated heterocycles. The van der Waals surface area contributed by atoms with Crippen molar-refractivity contribution >= 4 is 102 Å². The summed E-state index contributed by atoms with van der Waals surface area (Å²) in [4.78, 5) is 114. The summed E-state index contributed by atoms with van der Waals surface area (Å²) >= 11 is 1.88. The number of aliphatic hydroxyl groups excluding tert-OH is 1. The van der Waals surface area contributed by atoms with Gasteiger partial charge in [-0.15, -0.1) is 0 Å². The van der Waals surface area contributed by atoms with Gasteiger partial charge in [-0.3, -0.25) is 33.6 Å². The van der Waals surface area contributed by atoms with Crippen LogP contribution < -0.4 is 48.7 Å². The molecule has 1 heterocycles. The highest BCUT2D eigenvalue weighted by Gasteiger charge is 2.38. The summed E-state index contributed by atoms with van der Waals surface area (Å²) in [5, 5.41) is 52.3. The maximum atomic E-state index is 15.1. The number of aliphatic hydroxyl groups is 1. The van der Waals surface area contributed by atoms with Gasteiger partial charge in [-0.25, -0.2) is 4.79 Å². The van der Waals surface area contributed by atoms with Gasteiger partial charge in [-0.05, 0) is 100 Å². The molecule has 5 aromatic carbocycles. The number of aliphatic carboxylic acids is 1. The minimum Gasteiger partial charge on any atom is -0.507 e. The van der Waals surface area contributed by atoms with E-state index in [1.165, 1.54) is 19.1 Å². The van der Waals surface area contributed by atoms with Gasteiger partial charge < -0.3 is 64.0 Å². The van der Waals surface area contributed by atoms with E-state index in [0.29, 0.717) is 38.7 Å². The molecule has 0 aliphatic carbocycles. The normalized spacial score (nSPS) is 23.4. The zero-order valence-corrected chi connectivity index (χ0v) is 47.9. The van der Waals surface area contributed by atoms with Crippen molar-refractivity contribution in [2.24, 2.45) is 11.5 Å². The minimum atomic E-state index is -1.74. The first-order valence-electron chi connectivity index (χ1n) is 26.1. The van der Waals surface area contributed by atoms with Crippen LogP contribution in [-0.4, -0.2) is 135 Å². The van der Waals surface area contributed by atoms with Gasteiger partial charge in [0.2, 0.25) is 41.4 Å². The van der Waals surface area contributed by atoms with Crippen LogP contribution in [0.3, 0.4) is 0 Å². The summed E-state index contributed by atoms with van der Waals surface area (Å²) in [6.45, 7) is 3.20. The Kier molecular flexibility index (Phi) is 24.0. The van der Waals surface area contributed by atoms with E-state index >= 15 is 9.59 Å². The zero-order chi connectivity index (χ0) is 57.9. The van der Waals surface area contributed by atoms with Crippen LogP contribution in [0.2, 0.25) is 0 Å². The Bertz CT molecular complexity index is 2960. The predicted molar refractivity (Wildman–Crippen MR) is 316 cm³/mol. The van der Waals surface area contributed by atoms with Gasteiger partial charge in [0.05, 0.1) is 15.7 Å². The van der Waals surface area contributed by atoms with Gasteiger partial charge in [0.1, 0.15) is 48.0 Å². The van der Waals surface area contributed by atoms with Crippen LogP contribution in [0.4, 0.5) is 0 Å². The molecular formula is C57H68IN9O11S2. The molecule has 6 rings (SSSR count). The van der Waals surface area contributed by atoms with E-state index in [0.717, 1.165) is 32.4 Å². The second-order valence-corrected chi connectivity index (χ2v) is 23.3. The number of carboxylic acid groups (broad SMARTS) is 1. The molecule has 1 aliphatic heterocycles. The van der Waals surface area contributed by atoms with Gasteiger partial charge in [0, 0.05) is 36.7 Å². The first-order chi connectivity index (χ1) is 38.3. The average molecular weight is 1250 g/mol. The molecule has 1 fully saturated rings. The van der Waals surface area contributed by atoms with E-state index in [4.69, 9.17) is 11.5 Å². The Hall–Kier alpha value is -6.77. The first kappa shape index (κ1) is 62.4. The molecule has 80 heavy (non-hydrogen) atoms. The van der Waals surface area contributed by atoms with E-state index < -0.39 is 108 Å². The summed E-state index contributed by atoms with van der Waals surface area (Å²) in [7, 11) is 2.03. The van der Waals surface area contributed by atoms with E-state index in [-0.39, 0.29) is 49.5 Å². The predicted octanol–water partition coefficient (Wildman–Crippen LogP) is 2.69. The second-order valence-electron chi connectivity index (χ2n) is 19.6. The number of nitrogens with two attached hydrogens (primary N) is 2. The van der Waals surface area contributed by atoms with Gasteiger partial charge >= 0.3 is 5.97 Å². The summed E-state index contributed by atoms with van der Waals surface area (Å²) in [6.07, 6.45) is -1.19. The van der Waals surface area contributed by atoms with Crippen molar-refractivity contribution in [2.45, 2.75) is 113 Å². The fourth-order valence-corrected chi connectivity index (χ4v) is 11.7. The van der Waals surface area contributed by atoms with Gasteiger partial charge in [-0.2, -0.15) is 0 Å². The van der Waals surface area contributed by atoms with Crippen LogP contribution in [0.25, 0.3) is 10.8 Å². The molecule has 426 valence electrons. The van der Waals surface area contributed by atoms with Gasteiger partial charge in [-0.1, -0.05) is 138 Å². The van der Waals surface area contributed by atoms with E-state index in [2.05, 4.69) is 37.2 Å². The molecule has 7 amide bonds. The van der Waals surface area contributed by atoms with E-state index in [9.17, 15) is 44.1 Å². The molecule has 0 saturated carbocycles. The lowest BCUT2D eigenvalue weighted by Crippen LogP contribution is -2.62. The Morgan fingerprint density at radius 3 is 1.68 bits per heavy atom. The zero-order valence-electron chi connectivity index (χ0n) is 44.1. The van der Waals surface area contributed by atoms with Crippen LogP contribution in [0.5, 0.6) is 5.75 Å². The molecule has 20 nitrogen and oxygen atoms in total. The van der Waals surface area contributed by atoms with Crippen LogP contribution in [0.15, 0.2) is 121 Å². The average Bonchev–Trinajstić information content (AvgIpc) is 3.44. The van der Waals surface area contributed by atoms with Crippen LogP contribution >= 0.6 is 44.2 Å². The third-order valence-corrected chi connectivity index (χ3v) is 16.8. The SMILES string of the molecule is C[C@@H](O)[C@@H]1NC(=O)[C@H](CCCCN)NC(=O)[C@@H]([C@@H](C)c2ccc3ccccc3c2)NC(=O)[C@H](Cc2ccccc2)NC(=O)[C@H](Cc2ccccc2)NC(=O)[C@H](N)CSSC[C@@H](C(=O)O)NC(=O)[C@H](Cc2ccc(O)c(I)c2)NC1=O. The maximum Gasteiger partial charge on any atom is 0.327 e. The van der Waals surface area contributed by atoms with Gasteiger partial charge in [0.25, 0.3) is 0 Å².